The first-order valence-corrected chi connectivity index (χ1v) is 7.29. The predicted molar refractivity (Wildman–Crippen MR) is 80.3 cm³/mol. The molecule has 9 heteroatoms. The molecule has 0 aliphatic heterocycles. The van der Waals surface area contributed by atoms with Crippen molar-refractivity contribution in [2.45, 2.75) is 25.6 Å². The molecule has 0 bridgehead atoms. The number of carbonyl (C=O) groups excluding carboxylic acids is 2. The van der Waals surface area contributed by atoms with Gasteiger partial charge in [0, 0.05) is 30.4 Å². The summed E-state index contributed by atoms with van der Waals surface area (Å²) in [5, 5.41) is 30.6. The van der Waals surface area contributed by atoms with Gasteiger partial charge in [-0.15, -0.1) is 0 Å². The number of primary amides is 1. The van der Waals surface area contributed by atoms with Crippen LogP contribution in [0.1, 0.15) is 35.4 Å². The van der Waals surface area contributed by atoms with E-state index in [0.717, 1.165) is 23.9 Å². The summed E-state index contributed by atoms with van der Waals surface area (Å²) in [4.78, 5) is 32.1. The van der Waals surface area contributed by atoms with Crippen LogP contribution >= 0.6 is 11.8 Å². The molecule has 0 aliphatic carbocycles. The van der Waals surface area contributed by atoms with Crippen molar-refractivity contribution in [1.82, 2.24) is 0 Å². The average molecular weight is 328 g/mol. The van der Waals surface area contributed by atoms with Crippen molar-refractivity contribution in [2.24, 2.45) is 5.73 Å². The molecule has 1 aromatic rings. The number of hydrogen-bond acceptors (Lipinski definition) is 7. The number of hydrogen-bond donors (Lipinski definition) is 3. The molecular formula is C13H16N2O6S. The minimum Gasteiger partial charge on any atom is -0.390 e. The first-order chi connectivity index (χ1) is 10.2. The van der Waals surface area contributed by atoms with E-state index in [1.54, 1.807) is 0 Å². The van der Waals surface area contributed by atoms with Crippen LogP contribution in [0.4, 0.5) is 5.69 Å². The van der Waals surface area contributed by atoms with Crippen LogP contribution in [-0.2, 0) is 4.79 Å². The lowest BCUT2D eigenvalue weighted by molar-refractivity contribution is -0.385. The van der Waals surface area contributed by atoms with Gasteiger partial charge in [-0.05, 0) is 18.1 Å². The van der Waals surface area contributed by atoms with Crippen molar-refractivity contribution >= 4 is 28.5 Å². The quantitative estimate of drug-likeness (QED) is 0.495. The molecule has 2 atom stereocenters. The van der Waals surface area contributed by atoms with Gasteiger partial charge in [0.2, 0.25) is 5.91 Å². The number of non-ortho nitro benzene ring substituents is 1. The lowest BCUT2D eigenvalue weighted by Gasteiger charge is -2.18. The number of nitro benzene ring substituents is 1. The maximum absolute atomic E-state index is 11.2. The number of nitro groups is 1. The topological polar surface area (TPSA) is 144 Å². The Balaban J connectivity index is 2.95. The summed E-state index contributed by atoms with van der Waals surface area (Å²) in [5.41, 5.74) is 4.57. The fourth-order valence-corrected chi connectivity index (χ4v) is 2.40. The van der Waals surface area contributed by atoms with E-state index in [2.05, 4.69) is 0 Å². The zero-order chi connectivity index (χ0) is 16.9. The van der Waals surface area contributed by atoms with Crippen LogP contribution in [0, 0.1) is 10.1 Å². The van der Waals surface area contributed by atoms with E-state index in [1.807, 2.05) is 0 Å². The van der Waals surface area contributed by atoms with Crippen LogP contribution in [0.2, 0.25) is 0 Å². The largest absolute Gasteiger partial charge is 0.390 e. The normalized spacial score (nSPS) is 13.4. The van der Waals surface area contributed by atoms with Crippen LogP contribution in [0.5, 0.6) is 0 Å². The fourth-order valence-electron chi connectivity index (χ4n) is 1.76. The molecule has 0 aliphatic rings. The first-order valence-electron chi connectivity index (χ1n) is 6.31. The second kappa shape index (κ2) is 7.87. The summed E-state index contributed by atoms with van der Waals surface area (Å²) in [6.45, 7) is 1.38. The van der Waals surface area contributed by atoms with Gasteiger partial charge in [0.05, 0.1) is 11.0 Å². The van der Waals surface area contributed by atoms with Crippen LogP contribution in [0.15, 0.2) is 18.2 Å². The van der Waals surface area contributed by atoms with Gasteiger partial charge in [0.15, 0.2) is 5.12 Å². The Morgan fingerprint density at radius 2 is 2.00 bits per heavy atom. The van der Waals surface area contributed by atoms with Crippen LogP contribution in [0.25, 0.3) is 0 Å². The van der Waals surface area contributed by atoms with E-state index >= 15 is 0 Å². The van der Waals surface area contributed by atoms with Crippen LogP contribution in [0.3, 0.4) is 0 Å². The number of aliphatic hydroxyl groups excluding tert-OH is 2. The van der Waals surface area contributed by atoms with Gasteiger partial charge in [0.1, 0.15) is 6.10 Å². The number of thioether (sulfide) groups is 1. The molecule has 2 unspecified atom stereocenters. The predicted octanol–water partition coefficient (Wildman–Crippen LogP) is 0.758. The van der Waals surface area contributed by atoms with E-state index in [1.165, 1.54) is 13.0 Å². The van der Waals surface area contributed by atoms with E-state index in [0.29, 0.717) is 5.75 Å². The summed E-state index contributed by atoms with van der Waals surface area (Å²) in [5.74, 6) is -0.579. The molecule has 1 amide bonds. The van der Waals surface area contributed by atoms with E-state index in [9.17, 15) is 29.9 Å². The maximum atomic E-state index is 11.2. The molecular weight excluding hydrogens is 312 g/mol. The zero-order valence-corrected chi connectivity index (χ0v) is 12.6. The Kier molecular flexibility index (Phi) is 6.47. The van der Waals surface area contributed by atoms with Crippen molar-refractivity contribution in [3.05, 3.63) is 39.4 Å². The molecule has 0 fully saturated rings. The van der Waals surface area contributed by atoms with E-state index in [-0.39, 0.29) is 22.7 Å². The van der Waals surface area contributed by atoms with Crippen molar-refractivity contribution in [3.8, 4) is 0 Å². The lowest BCUT2D eigenvalue weighted by Crippen LogP contribution is -2.20. The number of amides is 1. The van der Waals surface area contributed by atoms with E-state index < -0.39 is 28.7 Å². The highest BCUT2D eigenvalue weighted by Gasteiger charge is 2.22. The summed E-state index contributed by atoms with van der Waals surface area (Å²) >= 11 is 0.996. The molecule has 1 aromatic carbocycles. The van der Waals surface area contributed by atoms with Crippen LogP contribution < -0.4 is 5.73 Å². The smallest absolute Gasteiger partial charge is 0.270 e. The number of nitrogens with two attached hydrogens (primary N) is 1. The molecule has 4 N–H and O–H groups in total. The Morgan fingerprint density at radius 3 is 2.50 bits per heavy atom. The van der Waals surface area contributed by atoms with Crippen molar-refractivity contribution in [2.75, 3.05) is 5.75 Å². The van der Waals surface area contributed by atoms with Gasteiger partial charge in [-0.1, -0.05) is 11.8 Å². The molecule has 0 saturated carbocycles. The SMILES string of the molecule is CC(=O)SCCC(O)C(O)c1cc(C(N)=O)cc([N+](=O)[O-])c1. The summed E-state index contributed by atoms with van der Waals surface area (Å²) < 4.78 is 0. The lowest BCUT2D eigenvalue weighted by atomic mass is 9.99. The summed E-state index contributed by atoms with van der Waals surface area (Å²) in [7, 11) is 0. The first kappa shape index (κ1) is 18.1. The maximum Gasteiger partial charge on any atom is 0.270 e. The van der Waals surface area contributed by atoms with E-state index in [4.69, 9.17) is 5.73 Å². The summed E-state index contributed by atoms with van der Waals surface area (Å²) in [6, 6.07) is 3.26. The minimum absolute atomic E-state index is 0.0170. The third-order valence-electron chi connectivity index (χ3n) is 2.86. The van der Waals surface area contributed by atoms with Gasteiger partial charge in [-0.2, -0.15) is 0 Å². The number of aliphatic hydroxyl groups is 2. The Bertz CT molecular complexity index is 560. The minimum atomic E-state index is -1.43. The summed E-state index contributed by atoms with van der Waals surface area (Å²) in [6.07, 6.45) is -2.54. The molecule has 8 nitrogen and oxygen atoms in total. The zero-order valence-electron chi connectivity index (χ0n) is 11.8. The molecule has 0 radical (unpaired) electrons. The Labute approximate surface area is 130 Å². The van der Waals surface area contributed by atoms with Crippen LogP contribution in [-0.4, -0.2) is 38.0 Å². The average Bonchev–Trinajstić information content (AvgIpc) is 2.45. The Hall–Kier alpha value is -1.97. The highest BCUT2D eigenvalue weighted by molar-refractivity contribution is 8.13. The number of nitrogens with zero attached hydrogens (tertiary/aromatic N) is 1. The number of benzene rings is 1. The molecule has 0 spiro atoms. The van der Waals surface area contributed by atoms with Gasteiger partial charge >= 0.3 is 0 Å². The van der Waals surface area contributed by atoms with Gasteiger partial charge in [-0.3, -0.25) is 19.7 Å². The second-order valence-electron chi connectivity index (χ2n) is 4.58. The molecule has 0 heterocycles. The fraction of sp³-hybridized carbons (Fsp3) is 0.385. The van der Waals surface area contributed by atoms with Gasteiger partial charge in [0.25, 0.3) is 5.69 Å². The van der Waals surface area contributed by atoms with Crippen molar-refractivity contribution < 1.29 is 24.7 Å². The standard InChI is InChI=1S/C13H16N2O6S/c1-7(16)22-3-2-11(17)12(18)8-4-9(13(14)19)6-10(5-8)15(20)21/h4-6,11-12,17-18H,2-3H2,1H3,(H2,14,19). The third kappa shape index (κ3) is 5.10. The molecule has 0 aromatic heterocycles. The van der Waals surface area contributed by atoms with Gasteiger partial charge in [-0.25, -0.2) is 0 Å². The second-order valence-corrected chi connectivity index (χ2v) is 5.85. The highest BCUT2D eigenvalue weighted by Crippen LogP contribution is 2.26. The Morgan fingerprint density at radius 1 is 1.36 bits per heavy atom. The molecule has 22 heavy (non-hydrogen) atoms. The van der Waals surface area contributed by atoms with Gasteiger partial charge < -0.3 is 15.9 Å². The number of rotatable bonds is 7. The van der Waals surface area contributed by atoms with Crippen molar-refractivity contribution in [3.63, 3.8) is 0 Å². The molecule has 120 valence electrons. The third-order valence-corrected chi connectivity index (χ3v) is 3.71. The highest BCUT2D eigenvalue weighted by atomic mass is 32.2. The number of carbonyl (C=O) groups is 2. The molecule has 0 saturated heterocycles. The molecule has 1 rings (SSSR count). The monoisotopic (exact) mass is 328 g/mol. The van der Waals surface area contributed by atoms with Crippen molar-refractivity contribution in [1.29, 1.82) is 0 Å².